The quantitative estimate of drug-likeness (QED) is 0.172. The topological polar surface area (TPSA) is 74.6 Å². The van der Waals surface area contributed by atoms with Crippen molar-refractivity contribution in [2.24, 2.45) is 0 Å². The second-order valence-electron chi connectivity index (χ2n) is 13.6. The van der Waals surface area contributed by atoms with Gasteiger partial charge in [-0.15, -0.1) is 10.2 Å². The van der Waals surface area contributed by atoms with Gasteiger partial charge in [-0.25, -0.2) is 9.97 Å². The lowest BCUT2D eigenvalue weighted by Crippen LogP contribution is -1.98. The molecule has 55 heavy (non-hydrogen) atoms. The molecule has 0 aliphatic carbocycles. The number of fused-ring (bicyclic) bond motifs is 6. The van der Waals surface area contributed by atoms with Gasteiger partial charge in [-0.1, -0.05) is 121 Å². The Morgan fingerprint density at radius 3 is 1.22 bits per heavy atom. The SMILES string of the molecule is c1ccc(-c2cccc(-n3c4ccccc4c4ccc(-c5nnc(-c6ccc7c8ccccc8n(-c8cccc(-c9ccccc9)n8)c7c6)o5)cc43)n2)cc1. The van der Waals surface area contributed by atoms with Crippen molar-refractivity contribution in [2.45, 2.75) is 0 Å². The maximum atomic E-state index is 6.47. The summed E-state index contributed by atoms with van der Waals surface area (Å²) in [6.45, 7) is 0. The molecule has 0 aliphatic rings. The third-order valence-electron chi connectivity index (χ3n) is 10.3. The second-order valence-corrected chi connectivity index (χ2v) is 13.6. The average Bonchev–Trinajstić information content (AvgIpc) is 3.97. The van der Waals surface area contributed by atoms with Crippen molar-refractivity contribution in [2.75, 3.05) is 0 Å². The van der Waals surface area contributed by atoms with E-state index in [1.807, 2.05) is 48.5 Å². The van der Waals surface area contributed by atoms with Crippen LogP contribution < -0.4 is 0 Å². The first-order valence-electron chi connectivity index (χ1n) is 18.2. The predicted octanol–water partition coefficient (Wildman–Crippen LogP) is 11.7. The fourth-order valence-corrected chi connectivity index (χ4v) is 7.79. The minimum Gasteiger partial charge on any atom is -0.416 e. The van der Waals surface area contributed by atoms with Crippen LogP contribution in [0, 0.1) is 0 Å². The molecule has 7 nitrogen and oxygen atoms in total. The molecule has 7 heteroatoms. The molecule has 0 N–H and O–H groups in total. The molecule has 0 aliphatic heterocycles. The highest BCUT2D eigenvalue weighted by atomic mass is 16.4. The number of hydrogen-bond donors (Lipinski definition) is 0. The van der Waals surface area contributed by atoms with Gasteiger partial charge in [0.25, 0.3) is 0 Å². The van der Waals surface area contributed by atoms with E-state index >= 15 is 0 Å². The van der Waals surface area contributed by atoms with Gasteiger partial charge in [-0.05, 0) is 60.7 Å². The number of para-hydroxylation sites is 2. The number of aromatic nitrogens is 6. The predicted molar refractivity (Wildman–Crippen MR) is 220 cm³/mol. The standard InChI is InChI=1S/C48H30N6O/c1-3-13-31(14-4-1)39-19-11-23-45(49-39)53-41-21-9-7-17-35(41)37-27-25-33(29-43(37)53)47-51-52-48(55-47)34-26-28-38-36-18-8-10-22-42(36)54(44(38)30-34)46-24-12-20-40(50-46)32-15-5-2-6-16-32/h1-30H. The van der Waals surface area contributed by atoms with Crippen molar-refractivity contribution in [3.8, 4) is 57.1 Å². The molecular formula is C48H30N6O. The van der Waals surface area contributed by atoms with Crippen LogP contribution >= 0.6 is 0 Å². The Kier molecular flexibility index (Phi) is 7.03. The Morgan fingerprint density at radius 2 is 0.745 bits per heavy atom. The van der Waals surface area contributed by atoms with Gasteiger partial charge in [0.15, 0.2) is 0 Å². The maximum absolute atomic E-state index is 6.47. The molecule has 0 saturated heterocycles. The molecule has 0 unspecified atom stereocenters. The van der Waals surface area contributed by atoms with Gasteiger partial charge in [0.1, 0.15) is 11.6 Å². The van der Waals surface area contributed by atoms with Gasteiger partial charge >= 0.3 is 0 Å². The summed E-state index contributed by atoms with van der Waals surface area (Å²) >= 11 is 0. The molecule has 258 valence electrons. The molecule has 0 radical (unpaired) electrons. The van der Waals surface area contributed by atoms with Crippen molar-refractivity contribution in [1.82, 2.24) is 29.3 Å². The summed E-state index contributed by atoms with van der Waals surface area (Å²) < 4.78 is 10.9. The van der Waals surface area contributed by atoms with E-state index in [0.29, 0.717) is 11.8 Å². The van der Waals surface area contributed by atoms with Crippen LogP contribution in [0.5, 0.6) is 0 Å². The van der Waals surface area contributed by atoms with Crippen LogP contribution in [-0.2, 0) is 0 Å². The normalized spacial score (nSPS) is 11.6. The Morgan fingerprint density at radius 1 is 0.327 bits per heavy atom. The first-order chi connectivity index (χ1) is 27.3. The summed E-state index contributed by atoms with van der Waals surface area (Å²) in [4.78, 5) is 10.3. The summed E-state index contributed by atoms with van der Waals surface area (Å²) in [6.07, 6.45) is 0. The molecule has 0 fully saturated rings. The van der Waals surface area contributed by atoms with Crippen LogP contribution in [0.25, 0.3) is 101 Å². The molecular weight excluding hydrogens is 677 g/mol. The lowest BCUT2D eigenvalue weighted by Gasteiger charge is -2.09. The second kappa shape index (κ2) is 12.5. The monoisotopic (exact) mass is 706 g/mol. The van der Waals surface area contributed by atoms with Crippen molar-refractivity contribution in [3.63, 3.8) is 0 Å². The number of hydrogen-bond acceptors (Lipinski definition) is 5. The summed E-state index contributed by atoms with van der Waals surface area (Å²) in [5, 5.41) is 13.7. The molecule has 0 spiro atoms. The minimum absolute atomic E-state index is 0.442. The van der Waals surface area contributed by atoms with Crippen LogP contribution in [0.3, 0.4) is 0 Å². The lowest BCUT2D eigenvalue weighted by molar-refractivity contribution is 0.584. The summed E-state index contributed by atoms with van der Waals surface area (Å²) in [6, 6.07) is 62.3. The smallest absolute Gasteiger partial charge is 0.248 e. The first kappa shape index (κ1) is 30.9. The van der Waals surface area contributed by atoms with E-state index in [9.17, 15) is 0 Å². The Balaban J connectivity index is 1.02. The number of benzene rings is 6. The van der Waals surface area contributed by atoms with Gasteiger partial charge in [0, 0.05) is 43.8 Å². The van der Waals surface area contributed by atoms with Gasteiger partial charge in [0.05, 0.1) is 33.5 Å². The van der Waals surface area contributed by atoms with Gasteiger partial charge in [0.2, 0.25) is 11.8 Å². The average molecular weight is 707 g/mol. The van der Waals surface area contributed by atoms with E-state index in [4.69, 9.17) is 14.4 Å². The van der Waals surface area contributed by atoms with E-state index in [-0.39, 0.29) is 0 Å². The molecule has 0 atom stereocenters. The van der Waals surface area contributed by atoms with Crippen molar-refractivity contribution >= 4 is 43.6 Å². The van der Waals surface area contributed by atoms with E-state index in [0.717, 1.165) is 88.9 Å². The third-order valence-corrected chi connectivity index (χ3v) is 10.3. The zero-order chi connectivity index (χ0) is 36.3. The molecule has 0 amide bonds. The highest BCUT2D eigenvalue weighted by molar-refractivity contribution is 6.11. The van der Waals surface area contributed by atoms with Crippen LogP contribution in [-0.4, -0.2) is 29.3 Å². The Hall–Kier alpha value is -7.64. The van der Waals surface area contributed by atoms with Gasteiger partial charge in [-0.3, -0.25) is 9.13 Å². The van der Waals surface area contributed by atoms with Crippen LogP contribution in [0.15, 0.2) is 186 Å². The maximum Gasteiger partial charge on any atom is 0.248 e. The third kappa shape index (κ3) is 5.13. The molecule has 5 aromatic heterocycles. The summed E-state index contributed by atoms with van der Waals surface area (Å²) in [7, 11) is 0. The minimum atomic E-state index is 0.442. The summed E-state index contributed by atoms with van der Waals surface area (Å²) in [5.41, 5.74) is 9.78. The van der Waals surface area contributed by atoms with E-state index in [1.165, 1.54) is 0 Å². The number of nitrogens with zero attached hydrogens (tertiary/aromatic N) is 6. The molecule has 0 bridgehead atoms. The fourth-order valence-electron chi connectivity index (χ4n) is 7.79. The van der Waals surface area contributed by atoms with Gasteiger partial charge < -0.3 is 4.42 Å². The molecule has 11 rings (SSSR count). The van der Waals surface area contributed by atoms with E-state index in [2.05, 4.69) is 153 Å². The van der Waals surface area contributed by atoms with Crippen molar-refractivity contribution in [1.29, 1.82) is 0 Å². The highest BCUT2D eigenvalue weighted by Gasteiger charge is 2.19. The van der Waals surface area contributed by atoms with Crippen LogP contribution in [0.2, 0.25) is 0 Å². The highest BCUT2D eigenvalue weighted by Crippen LogP contribution is 2.37. The number of rotatable bonds is 6. The van der Waals surface area contributed by atoms with E-state index < -0.39 is 0 Å². The van der Waals surface area contributed by atoms with Crippen molar-refractivity contribution in [3.05, 3.63) is 182 Å². The molecule has 6 aromatic carbocycles. The van der Waals surface area contributed by atoms with Crippen molar-refractivity contribution < 1.29 is 4.42 Å². The van der Waals surface area contributed by atoms with Gasteiger partial charge in [-0.2, -0.15) is 0 Å². The Labute approximate surface area is 315 Å². The molecule has 0 saturated carbocycles. The zero-order valence-corrected chi connectivity index (χ0v) is 29.4. The zero-order valence-electron chi connectivity index (χ0n) is 29.4. The fraction of sp³-hybridized carbons (Fsp3) is 0. The van der Waals surface area contributed by atoms with Crippen LogP contribution in [0.1, 0.15) is 0 Å². The molecule has 5 heterocycles. The largest absolute Gasteiger partial charge is 0.416 e. The Bertz CT molecular complexity index is 3000. The molecule has 11 aromatic rings. The number of pyridine rings is 2. The van der Waals surface area contributed by atoms with Crippen LogP contribution in [0.4, 0.5) is 0 Å². The van der Waals surface area contributed by atoms with E-state index in [1.54, 1.807) is 0 Å². The summed E-state index contributed by atoms with van der Waals surface area (Å²) in [5.74, 6) is 2.56. The lowest BCUT2D eigenvalue weighted by atomic mass is 10.1. The first-order valence-corrected chi connectivity index (χ1v) is 18.2.